The normalized spacial score (nSPS) is 18.6. The number of nitrogens with one attached hydrogen (secondary N) is 1. The third-order valence-corrected chi connectivity index (χ3v) is 5.93. The molecule has 0 unspecified atom stereocenters. The Morgan fingerprint density at radius 2 is 1.89 bits per heavy atom. The van der Waals surface area contributed by atoms with Gasteiger partial charge in [0.25, 0.3) is 5.79 Å². The van der Waals surface area contributed by atoms with Crippen molar-refractivity contribution in [1.29, 1.82) is 0 Å². The van der Waals surface area contributed by atoms with E-state index < -0.39 is 17.7 Å². The van der Waals surface area contributed by atoms with Gasteiger partial charge in [0.15, 0.2) is 17.7 Å². The summed E-state index contributed by atoms with van der Waals surface area (Å²) in [6, 6.07) is 13.2. The highest BCUT2D eigenvalue weighted by Gasteiger charge is 2.44. The number of anilines is 2. The first-order valence-electron chi connectivity index (χ1n) is 11.2. The van der Waals surface area contributed by atoms with E-state index in [4.69, 9.17) is 18.6 Å². The van der Waals surface area contributed by atoms with Gasteiger partial charge in [-0.2, -0.15) is 0 Å². The molecule has 1 saturated heterocycles. The molecule has 0 saturated carbocycles. The number of fused-ring (bicyclic) bond motifs is 1. The zero-order chi connectivity index (χ0) is 24.7. The van der Waals surface area contributed by atoms with Gasteiger partial charge in [0.2, 0.25) is 0 Å². The fourth-order valence-corrected chi connectivity index (χ4v) is 4.45. The van der Waals surface area contributed by atoms with Gasteiger partial charge in [-0.1, -0.05) is 18.2 Å². The lowest BCUT2D eigenvalue weighted by Gasteiger charge is -2.34. The summed E-state index contributed by atoms with van der Waals surface area (Å²) in [6.07, 6.45) is 3.69. The third-order valence-electron chi connectivity index (χ3n) is 5.93. The van der Waals surface area contributed by atoms with Crippen LogP contribution in [0.4, 0.5) is 11.4 Å². The van der Waals surface area contributed by atoms with Crippen molar-refractivity contribution in [2.75, 3.05) is 17.3 Å². The van der Waals surface area contributed by atoms with Crippen molar-refractivity contribution in [3.8, 4) is 17.1 Å². The van der Waals surface area contributed by atoms with Crippen molar-refractivity contribution < 1.29 is 28.2 Å². The zero-order valence-corrected chi connectivity index (χ0v) is 19.8. The third kappa shape index (κ3) is 4.09. The Hall–Kier alpha value is -4.27. The molecule has 0 amide bonds. The molecule has 1 atom stereocenters. The maximum atomic E-state index is 13.1. The van der Waals surface area contributed by atoms with E-state index in [-0.39, 0.29) is 17.4 Å². The molecule has 35 heavy (non-hydrogen) atoms. The second kappa shape index (κ2) is 8.50. The molecule has 2 aliphatic heterocycles. The van der Waals surface area contributed by atoms with Gasteiger partial charge < -0.3 is 28.8 Å². The first-order valence-corrected chi connectivity index (χ1v) is 11.2. The molecule has 0 radical (unpaired) electrons. The largest absolute Gasteiger partial charge is 0.496 e. The van der Waals surface area contributed by atoms with Crippen LogP contribution in [0.25, 0.3) is 11.3 Å². The molecule has 9 nitrogen and oxygen atoms in total. The summed E-state index contributed by atoms with van der Waals surface area (Å²) < 4.78 is 21.8. The van der Waals surface area contributed by atoms with Crippen LogP contribution in [0.5, 0.6) is 5.75 Å². The molecule has 180 valence electrons. The van der Waals surface area contributed by atoms with Crippen LogP contribution in [0.15, 0.2) is 70.9 Å². The van der Waals surface area contributed by atoms with Gasteiger partial charge in [0.05, 0.1) is 18.9 Å². The van der Waals surface area contributed by atoms with Crippen molar-refractivity contribution in [2.45, 2.75) is 39.0 Å². The lowest BCUT2D eigenvalue weighted by molar-refractivity contribution is -0.222. The number of methoxy groups -OCH3 is 1. The summed E-state index contributed by atoms with van der Waals surface area (Å²) in [6.45, 7) is 5.07. The van der Waals surface area contributed by atoms with E-state index in [0.717, 1.165) is 17.7 Å². The molecule has 1 aromatic heterocycles. The van der Waals surface area contributed by atoms with Gasteiger partial charge in [-0.25, -0.2) is 14.6 Å². The molecule has 0 aliphatic carbocycles. The Balaban J connectivity index is 1.62. The number of cyclic esters (lactones) is 2. The van der Waals surface area contributed by atoms with Crippen LogP contribution >= 0.6 is 0 Å². The number of carbonyl (C=O) groups excluding carboxylic acids is 2. The number of nitrogens with zero attached hydrogens (tertiary/aromatic N) is 2. The quantitative estimate of drug-likeness (QED) is 0.329. The highest BCUT2D eigenvalue weighted by atomic mass is 16.7. The number of carbonyl (C=O) groups is 2. The molecule has 3 aromatic rings. The number of esters is 2. The summed E-state index contributed by atoms with van der Waals surface area (Å²) in [5, 5.41) is 3.28. The topological polar surface area (TPSA) is 103 Å². The Labute approximate surface area is 202 Å². The van der Waals surface area contributed by atoms with Crippen LogP contribution in [0.2, 0.25) is 0 Å². The molecule has 1 fully saturated rings. The SMILES string of the molecule is COc1cc(NC(=C2C(=O)OC(C)(C)OC2=O)N2c3ccccc3C[C@@H]2C)ccc1-c1cnco1. The molecule has 5 rings (SSSR count). The molecule has 1 N–H and O–H groups in total. The molecule has 2 aliphatic rings. The highest BCUT2D eigenvalue weighted by molar-refractivity contribution is 6.17. The maximum Gasteiger partial charge on any atom is 0.352 e. The minimum Gasteiger partial charge on any atom is -0.496 e. The lowest BCUT2D eigenvalue weighted by atomic mass is 10.1. The monoisotopic (exact) mass is 475 g/mol. The van der Waals surface area contributed by atoms with Crippen molar-refractivity contribution in [3.63, 3.8) is 0 Å². The van der Waals surface area contributed by atoms with E-state index in [0.29, 0.717) is 22.8 Å². The van der Waals surface area contributed by atoms with Gasteiger partial charge >= 0.3 is 11.9 Å². The fraction of sp³-hybridized carbons (Fsp3) is 0.269. The lowest BCUT2D eigenvalue weighted by Crippen LogP contribution is -2.45. The van der Waals surface area contributed by atoms with Crippen molar-refractivity contribution in [3.05, 3.63) is 72.0 Å². The molecule has 0 bridgehead atoms. The van der Waals surface area contributed by atoms with Gasteiger partial charge in [0.1, 0.15) is 11.6 Å². The zero-order valence-electron chi connectivity index (χ0n) is 19.8. The molecule has 0 spiro atoms. The van der Waals surface area contributed by atoms with Gasteiger partial charge in [0, 0.05) is 37.3 Å². The standard InChI is InChI=1S/C26H25N3O6/c1-15-11-16-7-5-6-8-19(16)29(15)23(22-24(30)34-26(2,3)35-25(22)31)28-17-9-10-18(20(12-17)32-4)21-13-27-14-33-21/h5-10,12-15,28H,11H2,1-4H3/t15-/m0/s1. The maximum absolute atomic E-state index is 13.1. The summed E-state index contributed by atoms with van der Waals surface area (Å²) in [5.41, 5.74) is 3.10. The van der Waals surface area contributed by atoms with Crippen LogP contribution in [0.1, 0.15) is 26.3 Å². The van der Waals surface area contributed by atoms with Gasteiger partial charge in [-0.15, -0.1) is 0 Å². The summed E-state index contributed by atoms with van der Waals surface area (Å²) in [7, 11) is 1.55. The summed E-state index contributed by atoms with van der Waals surface area (Å²) in [5.74, 6) is -1.50. The number of oxazole rings is 1. The van der Waals surface area contributed by atoms with Crippen molar-refractivity contribution >= 4 is 23.3 Å². The molecule has 9 heteroatoms. The average molecular weight is 476 g/mol. The van der Waals surface area contributed by atoms with Crippen LogP contribution in [-0.2, 0) is 25.5 Å². The van der Waals surface area contributed by atoms with Crippen molar-refractivity contribution in [1.82, 2.24) is 4.98 Å². The fourth-order valence-electron chi connectivity index (χ4n) is 4.45. The van der Waals surface area contributed by atoms with Crippen molar-refractivity contribution in [2.24, 2.45) is 0 Å². The smallest absolute Gasteiger partial charge is 0.352 e. The predicted molar refractivity (Wildman–Crippen MR) is 127 cm³/mol. The van der Waals surface area contributed by atoms with Crippen LogP contribution in [0.3, 0.4) is 0 Å². The van der Waals surface area contributed by atoms with E-state index in [9.17, 15) is 9.59 Å². The van der Waals surface area contributed by atoms with E-state index in [1.807, 2.05) is 42.2 Å². The predicted octanol–water partition coefficient (Wildman–Crippen LogP) is 4.26. The number of hydrogen-bond donors (Lipinski definition) is 1. The van der Waals surface area contributed by atoms with E-state index >= 15 is 0 Å². The van der Waals surface area contributed by atoms with E-state index in [1.165, 1.54) is 20.2 Å². The summed E-state index contributed by atoms with van der Waals surface area (Å²) >= 11 is 0. The molecular formula is C26H25N3O6. The van der Waals surface area contributed by atoms with Gasteiger partial charge in [-0.3, -0.25) is 0 Å². The Morgan fingerprint density at radius 3 is 2.57 bits per heavy atom. The number of benzene rings is 2. The van der Waals surface area contributed by atoms with Crippen LogP contribution < -0.4 is 15.0 Å². The second-order valence-electron chi connectivity index (χ2n) is 8.86. The van der Waals surface area contributed by atoms with Gasteiger partial charge in [-0.05, 0) is 37.1 Å². The Morgan fingerprint density at radius 1 is 1.14 bits per heavy atom. The minimum absolute atomic E-state index is 0.0340. The minimum atomic E-state index is -1.35. The molecule has 3 heterocycles. The number of hydrogen-bond acceptors (Lipinski definition) is 9. The number of ether oxygens (including phenoxy) is 3. The molecular weight excluding hydrogens is 450 g/mol. The first-order chi connectivity index (χ1) is 16.8. The Bertz CT molecular complexity index is 1310. The van der Waals surface area contributed by atoms with Crippen LogP contribution in [0, 0.1) is 0 Å². The highest BCUT2D eigenvalue weighted by Crippen LogP contribution is 2.39. The second-order valence-corrected chi connectivity index (χ2v) is 8.86. The Kier molecular flexibility index (Phi) is 5.47. The number of rotatable bonds is 5. The first kappa shape index (κ1) is 22.5. The van der Waals surface area contributed by atoms with Crippen LogP contribution in [-0.4, -0.2) is 35.9 Å². The number of para-hydroxylation sites is 1. The number of aromatic nitrogens is 1. The van der Waals surface area contributed by atoms with E-state index in [2.05, 4.69) is 10.3 Å². The van der Waals surface area contributed by atoms with E-state index in [1.54, 1.807) is 25.4 Å². The average Bonchev–Trinajstić information content (AvgIpc) is 3.44. The summed E-state index contributed by atoms with van der Waals surface area (Å²) in [4.78, 5) is 32.0. The molecule has 2 aromatic carbocycles.